The zero-order valence-corrected chi connectivity index (χ0v) is 12.8. The van der Waals surface area contributed by atoms with Crippen molar-refractivity contribution < 1.29 is 22.7 Å². The van der Waals surface area contributed by atoms with Gasteiger partial charge in [-0.05, 0) is 18.6 Å². The standard InChI is InChI=1S/C12H16ClNO5S/c1-18-11-8-9(5-6-10(11)13)14-20(16,17)7-3-4-12(15)19-2/h5-6,8,14H,3-4,7H2,1-2H3. The lowest BCUT2D eigenvalue weighted by atomic mass is 10.3. The fourth-order valence-electron chi connectivity index (χ4n) is 1.46. The lowest BCUT2D eigenvalue weighted by Crippen LogP contribution is -2.17. The van der Waals surface area contributed by atoms with Gasteiger partial charge in [0.15, 0.2) is 0 Å². The van der Waals surface area contributed by atoms with Gasteiger partial charge in [-0.2, -0.15) is 0 Å². The van der Waals surface area contributed by atoms with Crippen molar-refractivity contribution in [3.8, 4) is 5.75 Å². The van der Waals surface area contributed by atoms with Gasteiger partial charge >= 0.3 is 5.97 Å². The van der Waals surface area contributed by atoms with Crippen molar-refractivity contribution in [2.24, 2.45) is 0 Å². The molecule has 0 bridgehead atoms. The summed E-state index contributed by atoms with van der Waals surface area (Å²) in [4.78, 5) is 10.9. The van der Waals surface area contributed by atoms with Gasteiger partial charge in [0, 0.05) is 12.5 Å². The highest BCUT2D eigenvalue weighted by atomic mass is 35.5. The molecule has 0 aliphatic heterocycles. The molecular formula is C12H16ClNO5S. The van der Waals surface area contributed by atoms with Gasteiger partial charge in [0.25, 0.3) is 0 Å². The Balaban J connectivity index is 2.64. The predicted molar refractivity (Wildman–Crippen MR) is 76.7 cm³/mol. The molecule has 0 aromatic heterocycles. The maximum Gasteiger partial charge on any atom is 0.305 e. The number of benzene rings is 1. The summed E-state index contributed by atoms with van der Waals surface area (Å²) in [5.74, 6) is -0.234. The summed E-state index contributed by atoms with van der Waals surface area (Å²) in [6.45, 7) is 0. The number of carbonyl (C=O) groups is 1. The number of esters is 1. The largest absolute Gasteiger partial charge is 0.495 e. The number of carbonyl (C=O) groups excluding carboxylic acids is 1. The van der Waals surface area contributed by atoms with Crippen LogP contribution < -0.4 is 9.46 Å². The number of rotatable bonds is 7. The average molecular weight is 322 g/mol. The third-order valence-electron chi connectivity index (χ3n) is 2.45. The molecule has 1 aromatic rings. The molecule has 0 saturated heterocycles. The van der Waals surface area contributed by atoms with Gasteiger partial charge in [0.05, 0.1) is 30.7 Å². The van der Waals surface area contributed by atoms with Crippen LogP contribution in [0.4, 0.5) is 5.69 Å². The van der Waals surface area contributed by atoms with Crippen LogP contribution in [0.5, 0.6) is 5.75 Å². The molecule has 0 aliphatic rings. The molecule has 1 N–H and O–H groups in total. The van der Waals surface area contributed by atoms with Gasteiger partial charge in [-0.25, -0.2) is 8.42 Å². The Morgan fingerprint density at radius 1 is 1.35 bits per heavy atom. The minimum Gasteiger partial charge on any atom is -0.495 e. The Morgan fingerprint density at radius 2 is 2.05 bits per heavy atom. The van der Waals surface area contributed by atoms with Crippen LogP contribution in [0.2, 0.25) is 5.02 Å². The lowest BCUT2D eigenvalue weighted by Gasteiger charge is -2.10. The van der Waals surface area contributed by atoms with E-state index in [1.807, 2.05) is 0 Å². The minimum atomic E-state index is -3.53. The molecule has 0 amide bonds. The van der Waals surface area contributed by atoms with E-state index < -0.39 is 16.0 Å². The number of sulfonamides is 1. The van der Waals surface area contributed by atoms with Crippen molar-refractivity contribution >= 4 is 33.3 Å². The molecule has 0 radical (unpaired) electrons. The van der Waals surface area contributed by atoms with E-state index in [0.29, 0.717) is 16.5 Å². The van der Waals surface area contributed by atoms with Crippen LogP contribution in [0.3, 0.4) is 0 Å². The normalized spacial score (nSPS) is 10.9. The first-order valence-corrected chi connectivity index (χ1v) is 7.82. The number of methoxy groups -OCH3 is 2. The van der Waals surface area contributed by atoms with E-state index in [-0.39, 0.29) is 18.6 Å². The van der Waals surface area contributed by atoms with Gasteiger partial charge in [-0.1, -0.05) is 11.6 Å². The Morgan fingerprint density at radius 3 is 2.65 bits per heavy atom. The lowest BCUT2D eigenvalue weighted by molar-refractivity contribution is -0.140. The van der Waals surface area contributed by atoms with Crippen LogP contribution in [-0.4, -0.2) is 34.4 Å². The molecule has 0 atom stereocenters. The first kappa shape index (κ1) is 16.6. The van der Waals surface area contributed by atoms with E-state index in [0.717, 1.165) is 0 Å². The molecule has 112 valence electrons. The summed E-state index contributed by atoms with van der Waals surface area (Å²) in [5.41, 5.74) is 0.351. The summed E-state index contributed by atoms with van der Waals surface area (Å²) in [7, 11) is -0.833. The number of ether oxygens (including phenoxy) is 2. The molecule has 0 saturated carbocycles. The van der Waals surface area contributed by atoms with E-state index >= 15 is 0 Å². The highest BCUT2D eigenvalue weighted by molar-refractivity contribution is 7.92. The van der Waals surface area contributed by atoms with Crippen LogP contribution in [-0.2, 0) is 19.6 Å². The molecule has 0 spiro atoms. The third kappa shape index (κ3) is 5.26. The van der Waals surface area contributed by atoms with Crippen molar-refractivity contribution in [3.63, 3.8) is 0 Å². The third-order valence-corrected chi connectivity index (χ3v) is 4.13. The van der Waals surface area contributed by atoms with Crippen LogP contribution >= 0.6 is 11.6 Å². The second kappa shape index (κ2) is 7.35. The number of hydrogen-bond donors (Lipinski definition) is 1. The van der Waals surface area contributed by atoms with Crippen LogP contribution in [0.25, 0.3) is 0 Å². The quantitative estimate of drug-likeness (QED) is 0.777. The highest BCUT2D eigenvalue weighted by Gasteiger charge is 2.13. The molecule has 8 heteroatoms. The average Bonchev–Trinajstić information content (AvgIpc) is 2.40. The number of halogens is 1. The van der Waals surface area contributed by atoms with E-state index in [9.17, 15) is 13.2 Å². The molecule has 0 unspecified atom stereocenters. The maximum atomic E-state index is 11.8. The second-order valence-electron chi connectivity index (χ2n) is 3.95. The molecular weight excluding hydrogens is 306 g/mol. The smallest absolute Gasteiger partial charge is 0.305 e. The molecule has 0 heterocycles. The molecule has 1 aromatic carbocycles. The molecule has 0 fully saturated rings. The zero-order valence-electron chi connectivity index (χ0n) is 11.2. The van der Waals surface area contributed by atoms with Crippen LogP contribution in [0, 0.1) is 0 Å². The Kier molecular flexibility index (Phi) is 6.09. The molecule has 0 aliphatic carbocycles. The van der Waals surface area contributed by atoms with Gasteiger partial charge in [-0.15, -0.1) is 0 Å². The fourth-order valence-corrected chi connectivity index (χ4v) is 2.77. The molecule has 6 nitrogen and oxygen atoms in total. The van der Waals surface area contributed by atoms with Gasteiger partial charge in [0.2, 0.25) is 10.0 Å². The summed E-state index contributed by atoms with van der Waals surface area (Å²) in [6.07, 6.45) is 0.244. The summed E-state index contributed by atoms with van der Waals surface area (Å²) >= 11 is 5.85. The number of anilines is 1. The Bertz CT molecular complexity index is 573. The number of nitrogens with one attached hydrogen (secondary N) is 1. The first-order valence-electron chi connectivity index (χ1n) is 5.79. The number of hydrogen-bond acceptors (Lipinski definition) is 5. The SMILES string of the molecule is COC(=O)CCCS(=O)(=O)Nc1ccc(Cl)c(OC)c1. The topological polar surface area (TPSA) is 81.7 Å². The van der Waals surface area contributed by atoms with E-state index in [1.165, 1.54) is 32.4 Å². The minimum absolute atomic E-state index is 0.0569. The van der Waals surface area contributed by atoms with Crippen molar-refractivity contribution in [2.45, 2.75) is 12.8 Å². The van der Waals surface area contributed by atoms with E-state index in [4.69, 9.17) is 16.3 Å². The van der Waals surface area contributed by atoms with E-state index in [1.54, 1.807) is 0 Å². The Labute approximate surface area is 123 Å². The second-order valence-corrected chi connectivity index (χ2v) is 6.20. The van der Waals surface area contributed by atoms with Crippen LogP contribution in [0.1, 0.15) is 12.8 Å². The maximum absolute atomic E-state index is 11.8. The summed E-state index contributed by atoms with van der Waals surface area (Å²) in [5, 5.41) is 0.390. The van der Waals surface area contributed by atoms with Crippen molar-refractivity contribution in [3.05, 3.63) is 23.2 Å². The first-order chi connectivity index (χ1) is 9.38. The van der Waals surface area contributed by atoms with E-state index in [2.05, 4.69) is 9.46 Å². The Hall–Kier alpha value is -1.47. The van der Waals surface area contributed by atoms with Crippen LogP contribution in [0.15, 0.2) is 18.2 Å². The fraction of sp³-hybridized carbons (Fsp3) is 0.417. The monoisotopic (exact) mass is 321 g/mol. The molecule has 20 heavy (non-hydrogen) atoms. The van der Waals surface area contributed by atoms with Crippen molar-refractivity contribution in [1.29, 1.82) is 0 Å². The van der Waals surface area contributed by atoms with Gasteiger partial charge in [0.1, 0.15) is 5.75 Å². The summed E-state index contributed by atoms with van der Waals surface area (Å²) < 4.78 is 35.5. The molecule has 1 rings (SSSR count). The highest BCUT2D eigenvalue weighted by Crippen LogP contribution is 2.27. The van der Waals surface area contributed by atoms with Crippen molar-refractivity contribution in [1.82, 2.24) is 0 Å². The van der Waals surface area contributed by atoms with Crippen molar-refractivity contribution in [2.75, 3.05) is 24.7 Å². The van der Waals surface area contributed by atoms with Gasteiger partial charge in [-0.3, -0.25) is 9.52 Å². The zero-order chi connectivity index (χ0) is 15.2. The van der Waals surface area contributed by atoms with Gasteiger partial charge < -0.3 is 9.47 Å². The summed E-state index contributed by atoms with van der Waals surface area (Å²) in [6, 6.07) is 4.55. The predicted octanol–water partition coefficient (Wildman–Crippen LogP) is 2.04.